The van der Waals surface area contributed by atoms with Gasteiger partial charge in [-0.05, 0) is 112 Å². The van der Waals surface area contributed by atoms with E-state index in [1.807, 2.05) is 53.6 Å². The van der Waals surface area contributed by atoms with Crippen LogP contribution in [0, 0.1) is 17.8 Å². The summed E-state index contributed by atoms with van der Waals surface area (Å²) in [6.45, 7) is 25.8. The lowest BCUT2D eigenvalue weighted by molar-refractivity contribution is -0.140. The maximum absolute atomic E-state index is 14.2. The fourth-order valence-corrected chi connectivity index (χ4v) is 8.89. The lowest BCUT2D eigenvalue weighted by Gasteiger charge is -2.34. The van der Waals surface area contributed by atoms with E-state index in [0.717, 1.165) is 32.1 Å². The molecular formula is C55H101N11O11. The maximum atomic E-state index is 14.2. The van der Waals surface area contributed by atoms with Gasteiger partial charge in [-0.25, -0.2) is 0 Å². The fraction of sp³-hybridized carbons (Fsp3) is 0.818. The Kier molecular flexibility index (Phi) is 29.4. The molecule has 7 atom stereocenters. The van der Waals surface area contributed by atoms with Gasteiger partial charge in [0.2, 0.25) is 59.1 Å². The van der Waals surface area contributed by atoms with Crippen LogP contribution in [0.15, 0.2) is 0 Å². The zero-order valence-corrected chi connectivity index (χ0v) is 49.8. The lowest BCUT2D eigenvalue weighted by atomic mass is 9.95. The summed E-state index contributed by atoms with van der Waals surface area (Å²) in [6, 6.07) is -5.92. The Morgan fingerprint density at radius 2 is 1.13 bits per heavy atom. The molecule has 1 saturated heterocycles. The first kappa shape index (κ1) is 69.6. The van der Waals surface area contributed by atoms with Gasteiger partial charge in [0.25, 0.3) is 0 Å². The number of amides is 10. The van der Waals surface area contributed by atoms with Crippen LogP contribution in [0.5, 0.6) is 0 Å². The summed E-state index contributed by atoms with van der Waals surface area (Å²) in [5.74, 6) is -6.89. The van der Waals surface area contributed by atoms with E-state index in [4.69, 9.17) is 0 Å². The normalized spacial score (nSPS) is 16.4. The Morgan fingerprint density at radius 3 is 1.68 bits per heavy atom. The first-order valence-corrected chi connectivity index (χ1v) is 27.9. The quantitative estimate of drug-likeness (QED) is 0.0415. The number of aliphatic hydroxyl groups excluding tert-OH is 1. The van der Waals surface area contributed by atoms with E-state index in [-0.39, 0.29) is 61.9 Å². The van der Waals surface area contributed by atoms with Gasteiger partial charge in [0.1, 0.15) is 46.8 Å². The molecular weight excluding hydrogens is 991 g/mol. The Bertz CT molecular complexity index is 1990. The highest BCUT2D eigenvalue weighted by atomic mass is 16.3. The first-order chi connectivity index (χ1) is 35.6. The average Bonchev–Trinajstić information content (AvgIpc) is 3.80. The van der Waals surface area contributed by atoms with Crippen molar-refractivity contribution in [2.45, 2.75) is 240 Å². The smallest absolute Gasteiger partial charge is 0.246 e. The minimum Gasteiger partial charge on any atom is -0.390 e. The van der Waals surface area contributed by atoms with Gasteiger partial charge in [-0.2, -0.15) is 0 Å². The lowest BCUT2D eigenvalue weighted by Crippen LogP contribution is -2.66. The predicted octanol–water partition coefficient (Wildman–Crippen LogP) is 2.05. The third-order valence-electron chi connectivity index (χ3n) is 13.4. The van der Waals surface area contributed by atoms with E-state index in [1.165, 1.54) is 53.4 Å². The molecule has 1 heterocycles. The molecule has 1 aliphatic heterocycles. The van der Waals surface area contributed by atoms with Crippen molar-refractivity contribution >= 4 is 59.1 Å². The summed E-state index contributed by atoms with van der Waals surface area (Å²) < 4.78 is 0. The molecule has 10 amide bonds. The molecule has 0 aromatic carbocycles. The van der Waals surface area contributed by atoms with Gasteiger partial charge < -0.3 is 62.8 Å². The Balaban J connectivity index is 3.26. The van der Waals surface area contributed by atoms with E-state index < -0.39 is 106 Å². The molecule has 0 spiro atoms. The van der Waals surface area contributed by atoms with Crippen molar-refractivity contribution in [3.8, 4) is 0 Å². The second-order valence-corrected chi connectivity index (χ2v) is 24.1. The van der Waals surface area contributed by atoms with Crippen LogP contribution < -0.4 is 47.9 Å². The van der Waals surface area contributed by atoms with Crippen LogP contribution in [0.2, 0.25) is 0 Å². The number of aliphatic hydroxyl groups is 1. The number of likely N-dealkylation sites (N-methyl/N-ethyl adjacent to an activating group) is 1. The largest absolute Gasteiger partial charge is 0.390 e. The third-order valence-corrected chi connectivity index (χ3v) is 13.4. The Morgan fingerprint density at radius 1 is 0.610 bits per heavy atom. The highest BCUT2D eigenvalue weighted by molar-refractivity contribution is 6.00. The van der Waals surface area contributed by atoms with Gasteiger partial charge in [-0.1, -0.05) is 87.0 Å². The summed E-state index contributed by atoms with van der Waals surface area (Å²) >= 11 is 0. The van der Waals surface area contributed by atoms with E-state index >= 15 is 0 Å². The van der Waals surface area contributed by atoms with Crippen LogP contribution in [0.4, 0.5) is 0 Å². The fourth-order valence-electron chi connectivity index (χ4n) is 8.89. The summed E-state index contributed by atoms with van der Waals surface area (Å²) in [5.41, 5.74) is -4.79. The number of rotatable bonds is 34. The number of nitrogens with zero attached hydrogens (tertiary/aromatic N) is 2. The zero-order valence-electron chi connectivity index (χ0n) is 49.8. The molecule has 0 aliphatic carbocycles. The van der Waals surface area contributed by atoms with E-state index in [2.05, 4.69) is 54.8 Å². The molecule has 1 fully saturated rings. The van der Waals surface area contributed by atoms with Crippen LogP contribution in [0.25, 0.3) is 0 Å². The van der Waals surface area contributed by atoms with Crippen molar-refractivity contribution in [1.82, 2.24) is 57.7 Å². The standard InChI is InChI=1S/C55H101N11O11/c1-18-19-20-21-22-23-25-38(58-48(73)41-26-24-29-66(41)37(9)67)45(70)61-43(44(69)35(6)7)49(74)63-54(12,13)51(76)60-39(30-33(2)3)46(71)59-40(31-34(4)5)47(72)62-55(14,15)52(77)64-53(10,11)50(75)56-28-27-42(68)57-36(8)32-65(16)17/h33-36,38-41,43-44,69H,18-32H2,1-17H3,(H,56,75)(H,57,68)(H,58,73)(H,59,71)(H,60,76)(H,61,70)(H,62,72)(H,63,74)(H,64,77)/t36-,38-,39-,40-,41-,43-,44+/m0/s1. The number of nitrogens with one attached hydrogen (secondary N) is 9. The number of carbonyl (C=O) groups is 10. The molecule has 1 aliphatic rings. The molecule has 0 radical (unpaired) electrons. The number of unbranched alkanes of at least 4 members (excludes halogenated alkanes) is 5. The molecule has 1 rings (SSSR count). The van der Waals surface area contributed by atoms with Crippen LogP contribution in [0.3, 0.4) is 0 Å². The molecule has 0 bridgehead atoms. The summed E-state index contributed by atoms with van der Waals surface area (Å²) in [5, 5.41) is 35.9. The van der Waals surface area contributed by atoms with E-state index in [0.29, 0.717) is 32.4 Å². The van der Waals surface area contributed by atoms with Gasteiger partial charge in [0, 0.05) is 39.0 Å². The van der Waals surface area contributed by atoms with Crippen molar-refractivity contribution in [3.05, 3.63) is 0 Å². The van der Waals surface area contributed by atoms with Crippen molar-refractivity contribution in [1.29, 1.82) is 0 Å². The van der Waals surface area contributed by atoms with Crippen LogP contribution >= 0.6 is 0 Å². The molecule has 0 saturated carbocycles. The van der Waals surface area contributed by atoms with Crippen molar-refractivity contribution in [2.75, 3.05) is 33.7 Å². The summed E-state index contributed by atoms with van der Waals surface area (Å²) in [4.78, 5) is 139. The van der Waals surface area contributed by atoms with Gasteiger partial charge in [0.05, 0.1) is 6.10 Å². The molecule has 22 heteroatoms. The van der Waals surface area contributed by atoms with E-state index in [9.17, 15) is 53.1 Å². The topological polar surface area (TPSA) is 306 Å². The summed E-state index contributed by atoms with van der Waals surface area (Å²) in [7, 11) is 3.78. The number of hydrogen-bond donors (Lipinski definition) is 10. The minimum absolute atomic E-state index is 0.0224. The zero-order chi connectivity index (χ0) is 59.2. The average molecular weight is 1090 g/mol. The molecule has 22 nitrogen and oxygen atoms in total. The van der Waals surface area contributed by atoms with Crippen LogP contribution in [-0.2, 0) is 47.9 Å². The molecule has 0 unspecified atom stereocenters. The number of likely N-dealkylation sites (tertiary alicyclic amines) is 1. The van der Waals surface area contributed by atoms with Crippen molar-refractivity contribution < 1.29 is 53.1 Å². The summed E-state index contributed by atoms with van der Waals surface area (Å²) in [6.07, 6.45) is 5.61. The monoisotopic (exact) mass is 1090 g/mol. The molecule has 10 N–H and O–H groups in total. The van der Waals surface area contributed by atoms with Crippen LogP contribution in [0.1, 0.15) is 181 Å². The Labute approximate surface area is 459 Å². The highest BCUT2D eigenvalue weighted by Gasteiger charge is 2.42. The third kappa shape index (κ3) is 24.9. The van der Waals surface area contributed by atoms with Gasteiger partial charge in [0.15, 0.2) is 0 Å². The minimum atomic E-state index is -1.74. The predicted molar refractivity (Wildman–Crippen MR) is 296 cm³/mol. The van der Waals surface area contributed by atoms with Gasteiger partial charge in [-0.15, -0.1) is 0 Å². The number of carbonyl (C=O) groups excluding carboxylic acids is 10. The van der Waals surface area contributed by atoms with Crippen molar-refractivity contribution in [3.63, 3.8) is 0 Å². The molecule has 0 aromatic heterocycles. The van der Waals surface area contributed by atoms with Gasteiger partial charge >= 0.3 is 0 Å². The van der Waals surface area contributed by atoms with Gasteiger partial charge in [-0.3, -0.25) is 47.9 Å². The second-order valence-electron chi connectivity index (χ2n) is 24.1. The maximum Gasteiger partial charge on any atom is 0.246 e. The molecule has 442 valence electrons. The molecule has 0 aromatic rings. The SMILES string of the molecule is CCCCCCCC[C@H](NC(=O)[C@@H]1CCCN1C(C)=O)C(=O)N[C@H](C(=O)NC(C)(C)C(=O)N[C@@H](CC(C)C)C(=O)N[C@@H](CC(C)C)C(=O)NC(C)(C)C(=O)NC(C)(C)C(=O)NCCC(=O)N[C@@H](C)CN(C)C)[C@H](O)C(C)C. The van der Waals surface area contributed by atoms with Crippen molar-refractivity contribution in [2.24, 2.45) is 17.8 Å². The van der Waals surface area contributed by atoms with Crippen LogP contribution in [-0.4, -0.2) is 167 Å². The second kappa shape index (κ2) is 32.5. The van der Waals surface area contributed by atoms with E-state index in [1.54, 1.807) is 13.8 Å². The highest BCUT2D eigenvalue weighted by Crippen LogP contribution is 2.20. The Hall–Kier alpha value is -5.38. The molecule has 77 heavy (non-hydrogen) atoms. The number of hydrogen-bond acceptors (Lipinski definition) is 12. The first-order valence-electron chi connectivity index (χ1n) is 27.9.